The van der Waals surface area contributed by atoms with Gasteiger partial charge in [-0.05, 0) is 5.26 Å². The quantitative estimate of drug-likeness (QED) is 0.346. The number of hydrogen-bond donors (Lipinski definition) is 0. The van der Waals surface area contributed by atoms with E-state index in [1.54, 1.807) is 0 Å². The largest absolute Gasteiger partial charge is 0.426 e. The highest BCUT2D eigenvalue weighted by atomic mass is 19.4. The van der Waals surface area contributed by atoms with E-state index in [0.717, 1.165) is 0 Å². The Kier molecular flexibility index (Phi) is 2.73. The minimum Gasteiger partial charge on any atom is -0.181 e. The average Bonchev–Trinajstić information content (AvgIpc) is 1.56. The molecule has 67 valence electrons. The molecule has 0 aliphatic rings. The molecule has 11 heavy (non-hydrogen) atoms. The molecule has 0 spiro atoms. The normalized spacial score (nSPS) is 14.2. The summed E-state index contributed by atoms with van der Waals surface area (Å²) in [5, 5.41) is 8.98. The van der Waals surface area contributed by atoms with Crippen molar-refractivity contribution in [1.82, 2.24) is 0 Å². The average molecular weight is 183 g/mol. The standard InChI is InChI=1S/C3HF6O2/c4-2(5,6)1(11-10)3(7,8)9/h1H. The Hall–Kier alpha value is -0.500. The van der Waals surface area contributed by atoms with Crippen molar-refractivity contribution in [2.45, 2.75) is 18.5 Å². The molecule has 8 heteroatoms. The van der Waals surface area contributed by atoms with E-state index in [9.17, 15) is 26.3 Å². The summed E-state index contributed by atoms with van der Waals surface area (Å²) in [5.74, 6) is 0. The van der Waals surface area contributed by atoms with Crippen LogP contribution in [0.25, 0.3) is 0 Å². The maximum absolute atomic E-state index is 11.2. The third-order valence-electron chi connectivity index (χ3n) is 0.691. The Morgan fingerprint density at radius 3 is 1.18 bits per heavy atom. The Labute approximate surface area is 56.3 Å². The monoisotopic (exact) mass is 183 g/mol. The zero-order valence-electron chi connectivity index (χ0n) is 4.66. The molecule has 0 bridgehead atoms. The third kappa shape index (κ3) is 2.93. The van der Waals surface area contributed by atoms with Crippen LogP contribution in [0.4, 0.5) is 26.3 Å². The van der Waals surface area contributed by atoms with E-state index in [1.165, 1.54) is 0 Å². The highest BCUT2D eigenvalue weighted by molar-refractivity contribution is 4.74. The predicted octanol–water partition coefficient (Wildman–Crippen LogP) is 1.84. The van der Waals surface area contributed by atoms with Gasteiger partial charge in [-0.1, -0.05) is 0 Å². The van der Waals surface area contributed by atoms with Gasteiger partial charge in [0.1, 0.15) is 0 Å². The molecule has 0 atom stereocenters. The lowest BCUT2D eigenvalue weighted by atomic mass is 10.3. The van der Waals surface area contributed by atoms with Gasteiger partial charge in [0.2, 0.25) is 0 Å². The van der Waals surface area contributed by atoms with Crippen LogP contribution in [0.3, 0.4) is 0 Å². The molecule has 0 aromatic rings. The van der Waals surface area contributed by atoms with E-state index >= 15 is 0 Å². The van der Waals surface area contributed by atoms with Crippen molar-refractivity contribution in [2.75, 3.05) is 0 Å². The van der Waals surface area contributed by atoms with E-state index < -0.39 is 18.5 Å². The van der Waals surface area contributed by atoms with Gasteiger partial charge in [0.05, 0.1) is 0 Å². The molecule has 0 aromatic heterocycles. The number of rotatable bonds is 1. The Morgan fingerprint density at radius 2 is 1.18 bits per heavy atom. The number of hydrogen-bond acceptors (Lipinski definition) is 1. The van der Waals surface area contributed by atoms with Crippen LogP contribution >= 0.6 is 0 Å². The Balaban J connectivity index is 4.43. The zero-order valence-corrected chi connectivity index (χ0v) is 4.66. The van der Waals surface area contributed by atoms with Gasteiger partial charge >= 0.3 is 12.4 Å². The van der Waals surface area contributed by atoms with Crippen LogP contribution in [0.5, 0.6) is 0 Å². The Bertz CT molecular complexity index is 111. The van der Waals surface area contributed by atoms with Gasteiger partial charge in [-0.3, -0.25) is 0 Å². The lowest BCUT2D eigenvalue weighted by molar-refractivity contribution is -0.441. The van der Waals surface area contributed by atoms with Crippen LogP contribution in [0.1, 0.15) is 0 Å². The summed E-state index contributed by atoms with van der Waals surface area (Å²) < 4.78 is 67.0. The summed E-state index contributed by atoms with van der Waals surface area (Å²) >= 11 is 0. The van der Waals surface area contributed by atoms with Crippen LogP contribution in [0, 0.1) is 0 Å². The zero-order chi connectivity index (χ0) is 9.28. The molecule has 0 rings (SSSR count). The molecule has 0 amide bonds. The molecule has 0 saturated heterocycles. The van der Waals surface area contributed by atoms with Gasteiger partial charge in [0, 0.05) is 0 Å². The van der Waals surface area contributed by atoms with Gasteiger partial charge in [-0.25, -0.2) is 0 Å². The van der Waals surface area contributed by atoms with Crippen molar-refractivity contribution < 1.29 is 36.5 Å². The van der Waals surface area contributed by atoms with Crippen molar-refractivity contribution in [3.8, 4) is 0 Å². The van der Waals surface area contributed by atoms with Gasteiger partial charge in [0.25, 0.3) is 6.10 Å². The predicted molar refractivity (Wildman–Crippen MR) is 17.7 cm³/mol. The summed E-state index contributed by atoms with van der Waals surface area (Å²) in [4.78, 5) is 1.98. The molecule has 0 aromatic carbocycles. The number of alkyl halides is 6. The minimum atomic E-state index is -5.71. The lowest BCUT2D eigenvalue weighted by Crippen LogP contribution is -2.43. The molecule has 1 radical (unpaired) electrons. The maximum atomic E-state index is 11.2. The molecule has 2 nitrogen and oxygen atoms in total. The summed E-state index contributed by atoms with van der Waals surface area (Å²) in [6.45, 7) is 0. The minimum absolute atomic E-state index is 1.98. The number of halogens is 6. The van der Waals surface area contributed by atoms with E-state index in [1.807, 2.05) is 4.89 Å². The molecular weight excluding hydrogens is 182 g/mol. The van der Waals surface area contributed by atoms with Crippen molar-refractivity contribution in [2.24, 2.45) is 0 Å². The summed E-state index contributed by atoms with van der Waals surface area (Å²) in [5.41, 5.74) is 0. The first-order chi connectivity index (χ1) is 4.69. The molecule has 0 aliphatic carbocycles. The second kappa shape index (κ2) is 2.86. The molecule has 0 heterocycles. The second-order valence-electron chi connectivity index (χ2n) is 1.56. The topological polar surface area (TPSA) is 29.1 Å². The Morgan fingerprint density at radius 1 is 0.909 bits per heavy atom. The van der Waals surface area contributed by atoms with Crippen LogP contribution in [0.15, 0.2) is 0 Å². The first kappa shape index (κ1) is 10.5. The molecule has 0 aliphatic heterocycles. The summed E-state index contributed by atoms with van der Waals surface area (Å²) in [7, 11) is 0. The van der Waals surface area contributed by atoms with Crippen molar-refractivity contribution in [1.29, 1.82) is 0 Å². The van der Waals surface area contributed by atoms with Crippen molar-refractivity contribution >= 4 is 0 Å². The van der Waals surface area contributed by atoms with Crippen molar-refractivity contribution in [3.05, 3.63) is 0 Å². The van der Waals surface area contributed by atoms with Gasteiger partial charge in [-0.15, -0.1) is 0 Å². The van der Waals surface area contributed by atoms with Gasteiger partial charge in [0.15, 0.2) is 0 Å². The van der Waals surface area contributed by atoms with E-state index in [0.29, 0.717) is 0 Å². The first-order valence-electron chi connectivity index (χ1n) is 2.11. The van der Waals surface area contributed by atoms with Crippen molar-refractivity contribution in [3.63, 3.8) is 0 Å². The van der Waals surface area contributed by atoms with Crippen LogP contribution < -0.4 is 0 Å². The molecule has 0 fully saturated rings. The fraction of sp³-hybridized carbons (Fsp3) is 1.00. The first-order valence-corrected chi connectivity index (χ1v) is 2.11. The molecular formula is C3HF6O2. The van der Waals surface area contributed by atoms with Crippen LogP contribution in [-0.2, 0) is 10.1 Å². The fourth-order valence-corrected chi connectivity index (χ4v) is 0.295. The summed E-state index contributed by atoms with van der Waals surface area (Å²) in [6, 6.07) is 0. The lowest BCUT2D eigenvalue weighted by Gasteiger charge is -2.17. The van der Waals surface area contributed by atoms with Gasteiger partial charge < -0.3 is 0 Å². The van der Waals surface area contributed by atoms with E-state index in [2.05, 4.69) is 0 Å². The van der Waals surface area contributed by atoms with Gasteiger partial charge in [-0.2, -0.15) is 31.2 Å². The van der Waals surface area contributed by atoms with Crippen LogP contribution in [0.2, 0.25) is 0 Å². The van der Waals surface area contributed by atoms with Crippen LogP contribution in [-0.4, -0.2) is 18.5 Å². The third-order valence-corrected chi connectivity index (χ3v) is 0.691. The molecule has 0 unspecified atom stereocenters. The summed E-state index contributed by atoms with van der Waals surface area (Å²) in [6.07, 6.45) is -15.7. The highest BCUT2D eigenvalue weighted by Gasteiger charge is 2.59. The second-order valence-corrected chi connectivity index (χ2v) is 1.56. The SMILES string of the molecule is [O]OC(C(F)(F)F)C(F)(F)F. The molecule has 0 N–H and O–H groups in total. The van der Waals surface area contributed by atoms with E-state index in [4.69, 9.17) is 5.26 Å². The van der Waals surface area contributed by atoms with E-state index in [-0.39, 0.29) is 0 Å². The smallest absolute Gasteiger partial charge is 0.181 e. The molecule has 0 saturated carbocycles. The fourth-order valence-electron chi connectivity index (χ4n) is 0.295. The maximum Gasteiger partial charge on any atom is 0.426 e. The highest BCUT2D eigenvalue weighted by Crippen LogP contribution is 2.34.